The average molecular weight is 224 g/mol. The smallest absolute Gasteiger partial charge is 0.126 e. The van der Waals surface area contributed by atoms with Gasteiger partial charge in [0, 0.05) is 16.7 Å². The average Bonchev–Trinajstić information content (AvgIpc) is 2.16. The van der Waals surface area contributed by atoms with Crippen molar-refractivity contribution in [1.82, 2.24) is 0 Å². The van der Waals surface area contributed by atoms with Crippen LogP contribution in [0.15, 0.2) is 36.4 Å². The number of rotatable bonds is 1. The van der Waals surface area contributed by atoms with Crippen LogP contribution in [0.1, 0.15) is 0 Å². The van der Waals surface area contributed by atoms with E-state index in [9.17, 15) is 8.78 Å². The summed E-state index contributed by atoms with van der Waals surface area (Å²) in [6.07, 6.45) is 0. The zero-order valence-corrected chi connectivity index (χ0v) is 8.35. The molecule has 0 atom stereocenters. The Morgan fingerprint density at radius 1 is 1.07 bits per heavy atom. The van der Waals surface area contributed by atoms with E-state index in [0.29, 0.717) is 16.1 Å². The Morgan fingerprint density at radius 3 is 2.33 bits per heavy atom. The highest BCUT2D eigenvalue weighted by Gasteiger charge is 2.06. The highest BCUT2D eigenvalue weighted by molar-refractivity contribution is 6.33. The second-order valence-corrected chi connectivity index (χ2v) is 3.46. The number of hydrogen-bond donors (Lipinski definition) is 0. The summed E-state index contributed by atoms with van der Waals surface area (Å²) >= 11 is 5.89. The van der Waals surface area contributed by atoms with Crippen molar-refractivity contribution in [2.75, 3.05) is 0 Å². The molecule has 0 N–H and O–H groups in total. The van der Waals surface area contributed by atoms with E-state index in [1.807, 2.05) is 0 Å². The molecule has 75 valence electrons. The summed E-state index contributed by atoms with van der Waals surface area (Å²) in [5.74, 6) is -1.25. The van der Waals surface area contributed by atoms with Crippen molar-refractivity contribution in [3.05, 3.63) is 59.1 Å². The van der Waals surface area contributed by atoms with Crippen LogP contribution in [0.4, 0.5) is 8.78 Å². The molecule has 2 aromatic carbocycles. The van der Waals surface area contributed by atoms with Crippen molar-refractivity contribution in [3.8, 4) is 11.1 Å². The highest BCUT2D eigenvalue weighted by Crippen LogP contribution is 2.27. The molecule has 0 aliphatic carbocycles. The van der Waals surface area contributed by atoms with Crippen molar-refractivity contribution in [1.29, 1.82) is 0 Å². The van der Waals surface area contributed by atoms with Crippen LogP contribution in [0.5, 0.6) is 0 Å². The van der Waals surface area contributed by atoms with Gasteiger partial charge < -0.3 is 0 Å². The summed E-state index contributed by atoms with van der Waals surface area (Å²) in [7, 11) is 0. The molecule has 0 aromatic heterocycles. The van der Waals surface area contributed by atoms with Crippen LogP contribution in [0, 0.1) is 17.7 Å². The van der Waals surface area contributed by atoms with Gasteiger partial charge in [-0.2, -0.15) is 0 Å². The summed E-state index contributed by atoms with van der Waals surface area (Å²) < 4.78 is 25.9. The minimum absolute atomic E-state index is 0.387. The van der Waals surface area contributed by atoms with Crippen LogP contribution in [-0.4, -0.2) is 0 Å². The third kappa shape index (κ3) is 2.16. The van der Waals surface area contributed by atoms with E-state index in [-0.39, 0.29) is 0 Å². The van der Waals surface area contributed by atoms with Gasteiger partial charge in [-0.3, -0.25) is 0 Å². The quantitative estimate of drug-likeness (QED) is 0.683. The first-order valence-electron chi connectivity index (χ1n) is 4.29. The molecule has 2 aromatic rings. The molecule has 3 heteroatoms. The SMILES string of the molecule is Fc1cc(F)cc(-c2[c]cccc2Cl)c1. The molecule has 0 amide bonds. The summed E-state index contributed by atoms with van der Waals surface area (Å²) in [6, 6.07) is 11.1. The second-order valence-electron chi connectivity index (χ2n) is 3.05. The molecule has 2 rings (SSSR count). The minimum atomic E-state index is -0.627. The molecule has 15 heavy (non-hydrogen) atoms. The molecule has 0 fully saturated rings. The van der Waals surface area contributed by atoms with Gasteiger partial charge >= 0.3 is 0 Å². The summed E-state index contributed by atoms with van der Waals surface area (Å²) in [4.78, 5) is 0. The van der Waals surface area contributed by atoms with E-state index in [2.05, 4.69) is 6.07 Å². The molecular weight excluding hydrogens is 218 g/mol. The van der Waals surface area contributed by atoms with Gasteiger partial charge in [-0.05, 0) is 29.8 Å². The van der Waals surface area contributed by atoms with Gasteiger partial charge in [-0.15, -0.1) is 0 Å². The van der Waals surface area contributed by atoms with E-state index < -0.39 is 11.6 Å². The van der Waals surface area contributed by atoms with E-state index in [4.69, 9.17) is 11.6 Å². The Labute approximate surface area is 91.1 Å². The highest BCUT2D eigenvalue weighted by atomic mass is 35.5. The Bertz CT molecular complexity index is 474. The van der Waals surface area contributed by atoms with Gasteiger partial charge in [0.15, 0.2) is 0 Å². The number of benzene rings is 2. The Morgan fingerprint density at radius 2 is 1.73 bits per heavy atom. The van der Waals surface area contributed by atoms with E-state index in [0.717, 1.165) is 6.07 Å². The Hall–Kier alpha value is -1.41. The van der Waals surface area contributed by atoms with Gasteiger partial charge in [0.1, 0.15) is 11.6 Å². The van der Waals surface area contributed by atoms with Crippen molar-refractivity contribution in [2.24, 2.45) is 0 Å². The first-order valence-corrected chi connectivity index (χ1v) is 4.67. The molecular formula is C12H6ClF2. The summed E-state index contributed by atoms with van der Waals surface area (Å²) in [5, 5.41) is 0.419. The zero-order chi connectivity index (χ0) is 10.8. The normalized spacial score (nSPS) is 10.3. The lowest BCUT2D eigenvalue weighted by Crippen LogP contribution is -1.85. The monoisotopic (exact) mass is 223 g/mol. The van der Waals surface area contributed by atoms with Crippen LogP contribution >= 0.6 is 11.6 Å². The lowest BCUT2D eigenvalue weighted by molar-refractivity contribution is 0.584. The molecule has 0 bridgehead atoms. The van der Waals surface area contributed by atoms with Crippen LogP contribution < -0.4 is 0 Å². The topological polar surface area (TPSA) is 0 Å². The van der Waals surface area contributed by atoms with Crippen LogP contribution in [0.25, 0.3) is 11.1 Å². The predicted octanol–water partition coefficient (Wildman–Crippen LogP) is 4.09. The summed E-state index contributed by atoms with van der Waals surface area (Å²) in [6.45, 7) is 0. The summed E-state index contributed by atoms with van der Waals surface area (Å²) in [5.41, 5.74) is 0.885. The van der Waals surface area contributed by atoms with Crippen molar-refractivity contribution in [3.63, 3.8) is 0 Å². The van der Waals surface area contributed by atoms with E-state index in [1.54, 1.807) is 18.2 Å². The van der Waals surface area contributed by atoms with Crippen LogP contribution in [0.2, 0.25) is 5.02 Å². The van der Waals surface area contributed by atoms with Gasteiger partial charge in [0.2, 0.25) is 0 Å². The van der Waals surface area contributed by atoms with Crippen molar-refractivity contribution >= 4 is 11.6 Å². The van der Waals surface area contributed by atoms with Crippen molar-refractivity contribution in [2.45, 2.75) is 0 Å². The number of hydrogen-bond acceptors (Lipinski definition) is 0. The van der Waals surface area contributed by atoms with E-state index in [1.165, 1.54) is 12.1 Å². The van der Waals surface area contributed by atoms with Crippen LogP contribution in [0.3, 0.4) is 0 Å². The molecule has 0 unspecified atom stereocenters. The third-order valence-corrected chi connectivity index (χ3v) is 2.27. The van der Waals surface area contributed by atoms with Crippen LogP contribution in [-0.2, 0) is 0 Å². The molecule has 0 spiro atoms. The first-order chi connectivity index (χ1) is 7.16. The Balaban J connectivity index is 2.59. The Kier molecular flexibility index (Phi) is 2.69. The maximum atomic E-state index is 12.9. The second kappa shape index (κ2) is 3.99. The number of halogens is 3. The fraction of sp³-hybridized carbons (Fsp3) is 0. The van der Waals surface area contributed by atoms with Gasteiger partial charge in [-0.1, -0.05) is 23.7 Å². The molecule has 0 saturated carbocycles. The van der Waals surface area contributed by atoms with Gasteiger partial charge in [0.05, 0.1) is 0 Å². The van der Waals surface area contributed by atoms with Gasteiger partial charge in [0.25, 0.3) is 0 Å². The molecule has 0 aliphatic heterocycles. The fourth-order valence-electron chi connectivity index (χ4n) is 1.34. The molecule has 1 radical (unpaired) electrons. The first kappa shape index (κ1) is 10.1. The lowest BCUT2D eigenvalue weighted by Gasteiger charge is -2.03. The predicted molar refractivity (Wildman–Crippen MR) is 55.6 cm³/mol. The molecule has 0 aliphatic rings. The maximum Gasteiger partial charge on any atom is 0.126 e. The zero-order valence-electron chi connectivity index (χ0n) is 7.60. The molecule has 0 nitrogen and oxygen atoms in total. The minimum Gasteiger partial charge on any atom is -0.207 e. The maximum absolute atomic E-state index is 12.9. The third-order valence-electron chi connectivity index (χ3n) is 1.96. The fourth-order valence-corrected chi connectivity index (χ4v) is 1.57. The van der Waals surface area contributed by atoms with Gasteiger partial charge in [-0.25, -0.2) is 8.78 Å². The molecule has 0 saturated heterocycles. The lowest BCUT2D eigenvalue weighted by atomic mass is 10.1. The largest absolute Gasteiger partial charge is 0.207 e. The standard InChI is InChI=1S/C12H6ClF2/c13-12-4-2-1-3-11(12)8-5-9(14)7-10(15)6-8/h1-2,4-7H. The van der Waals surface area contributed by atoms with E-state index >= 15 is 0 Å². The molecule has 0 heterocycles. The van der Waals surface area contributed by atoms with Crippen molar-refractivity contribution < 1.29 is 8.78 Å².